The number of hydrogen-bond donors (Lipinski definition) is 2. The number of aryl methyl sites for hydroxylation is 1. The Balaban J connectivity index is 1.62. The van der Waals surface area contributed by atoms with Crippen molar-refractivity contribution in [3.8, 4) is 0 Å². The van der Waals surface area contributed by atoms with Crippen molar-refractivity contribution >= 4 is 38.8 Å². The first kappa shape index (κ1) is 20.7. The second kappa shape index (κ2) is 8.28. The molecule has 0 bridgehead atoms. The molecule has 29 heavy (non-hydrogen) atoms. The molecule has 0 spiro atoms. The molecule has 0 amide bonds. The number of imidazole rings is 1. The highest BCUT2D eigenvalue weighted by molar-refractivity contribution is 7.86. The number of anilines is 1. The van der Waals surface area contributed by atoms with Gasteiger partial charge in [-0.05, 0) is 31.4 Å². The predicted molar refractivity (Wildman–Crippen MR) is 107 cm³/mol. The molecule has 4 rings (SSSR count). The standard InChI is InChI=1S/C16H24ClN7O4S/c1-2-23-9-19-13-14(21-16(17)22-15(13)23)20-11-3-4-24(29(18,25)26)12(11)7-10-8-27-5-6-28-10/h9-12H,2-8H2,1H3,(H2,18,25,26)(H,20,21,22)/t10-,11?,12?/m0/s1. The average Bonchev–Trinajstić information content (AvgIpc) is 3.26. The van der Waals surface area contributed by atoms with Crippen LogP contribution in [0.5, 0.6) is 0 Å². The fourth-order valence-electron chi connectivity index (χ4n) is 3.96. The van der Waals surface area contributed by atoms with Crippen molar-refractivity contribution in [2.24, 2.45) is 5.14 Å². The summed E-state index contributed by atoms with van der Waals surface area (Å²) in [5, 5.41) is 8.89. The van der Waals surface area contributed by atoms with E-state index in [9.17, 15) is 8.42 Å². The van der Waals surface area contributed by atoms with Gasteiger partial charge in [0.25, 0.3) is 10.2 Å². The van der Waals surface area contributed by atoms with E-state index in [1.807, 2.05) is 11.5 Å². The van der Waals surface area contributed by atoms with Crippen molar-refractivity contribution in [1.29, 1.82) is 0 Å². The maximum Gasteiger partial charge on any atom is 0.277 e. The van der Waals surface area contributed by atoms with Crippen LogP contribution in [0.2, 0.25) is 5.28 Å². The monoisotopic (exact) mass is 445 g/mol. The maximum atomic E-state index is 12.1. The summed E-state index contributed by atoms with van der Waals surface area (Å²) < 4.78 is 38.6. The third kappa shape index (κ3) is 4.32. The predicted octanol–water partition coefficient (Wildman–Crippen LogP) is 0.363. The van der Waals surface area contributed by atoms with E-state index >= 15 is 0 Å². The lowest BCUT2D eigenvalue weighted by molar-refractivity contribution is -0.0950. The molecule has 0 aliphatic carbocycles. The van der Waals surface area contributed by atoms with Crippen molar-refractivity contribution in [3.63, 3.8) is 0 Å². The van der Waals surface area contributed by atoms with Gasteiger partial charge in [-0.25, -0.2) is 10.1 Å². The third-order valence-electron chi connectivity index (χ3n) is 5.31. The van der Waals surface area contributed by atoms with E-state index in [0.29, 0.717) is 62.7 Å². The van der Waals surface area contributed by atoms with Crippen LogP contribution in [0, 0.1) is 0 Å². The zero-order valence-electron chi connectivity index (χ0n) is 16.0. The van der Waals surface area contributed by atoms with Gasteiger partial charge in [0.2, 0.25) is 5.28 Å². The van der Waals surface area contributed by atoms with Gasteiger partial charge in [0.1, 0.15) is 0 Å². The smallest absolute Gasteiger partial charge is 0.277 e. The molecule has 0 aromatic carbocycles. The topological polar surface area (TPSA) is 137 Å². The number of ether oxygens (including phenoxy) is 2. The molecule has 0 radical (unpaired) electrons. The van der Waals surface area contributed by atoms with Crippen LogP contribution in [0.3, 0.4) is 0 Å². The molecule has 2 aromatic heterocycles. The Bertz CT molecular complexity index is 979. The molecule has 11 nitrogen and oxygen atoms in total. The van der Waals surface area contributed by atoms with Crippen LogP contribution in [-0.2, 0) is 26.2 Å². The molecule has 2 aliphatic heterocycles. The third-order valence-corrected chi connectivity index (χ3v) is 6.59. The fraction of sp³-hybridized carbons (Fsp3) is 0.688. The summed E-state index contributed by atoms with van der Waals surface area (Å²) in [6.07, 6.45) is 2.50. The molecular weight excluding hydrogens is 422 g/mol. The van der Waals surface area contributed by atoms with Gasteiger partial charge in [-0.15, -0.1) is 0 Å². The molecule has 2 aliphatic rings. The van der Waals surface area contributed by atoms with E-state index < -0.39 is 16.3 Å². The van der Waals surface area contributed by atoms with Crippen molar-refractivity contribution in [3.05, 3.63) is 11.6 Å². The van der Waals surface area contributed by atoms with Gasteiger partial charge in [-0.2, -0.15) is 22.7 Å². The SMILES string of the molecule is CCn1cnc2c(NC3CCN(S(N)(=O)=O)C3C[C@H]3COCCO3)nc(Cl)nc21. The van der Waals surface area contributed by atoms with Crippen LogP contribution in [0.4, 0.5) is 5.82 Å². The van der Waals surface area contributed by atoms with Crippen LogP contribution in [-0.4, -0.2) is 76.8 Å². The second-order valence-electron chi connectivity index (χ2n) is 7.11. The van der Waals surface area contributed by atoms with Gasteiger partial charge >= 0.3 is 0 Å². The van der Waals surface area contributed by atoms with Crippen molar-refractivity contribution < 1.29 is 17.9 Å². The van der Waals surface area contributed by atoms with Gasteiger partial charge in [0, 0.05) is 25.2 Å². The molecule has 160 valence electrons. The molecule has 13 heteroatoms. The van der Waals surface area contributed by atoms with Gasteiger partial charge in [-0.1, -0.05) is 0 Å². The summed E-state index contributed by atoms with van der Waals surface area (Å²) in [5.74, 6) is 0.472. The first-order valence-electron chi connectivity index (χ1n) is 9.50. The number of aromatic nitrogens is 4. The summed E-state index contributed by atoms with van der Waals surface area (Å²) in [5.41, 5.74) is 1.21. The summed E-state index contributed by atoms with van der Waals surface area (Å²) in [7, 11) is -3.86. The Labute approximate surface area is 173 Å². The quantitative estimate of drug-likeness (QED) is 0.608. The lowest BCUT2D eigenvalue weighted by Gasteiger charge is -2.31. The number of hydrogen-bond acceptors (Lipinski definition) is 8. The molecule has 2 fully saturated rings. The molecule has 2 saturated heterocycles. The second-order valence-corrected chi connectivity index (χ2v) is 8.95. The Hall–Kier alpha value is -1.57. The summed E-state index contributed by atoms with van der Waals surface area (Å²) in [6.45, 7) is 4.42. The van der Waals surface area contributed by atoms with Crippen LogP contribution in [0.15, 0.2) is 6.33 Å². The van der Waals surface area contributed by atoms with Gasteiger partial charge < -0.3 is 19.4 Å². The summed E-state index contributed by atoms with van der Waals surface area (Å²) in [6, 6.07) is -0.645. The lowest BCUT2D eigenvalue weighted by atomic mass is 10.0. The number of nitrogens with two attached hydrogens (primary N) is 1. The number of halogens is 1. The number of rotatable bonds is 6. The number of fused-ring (bicyclic) bond motifs is 1. The van der Waals surface area contributed by atoms with E-state index in [1.165, 1.54) is 4.31 Å². The Morgan fingerprint density at radius 2 is 2.21 bits per heavy atom. The minimum atomic E-state index is -3.86. The highest BCUT2D eigenvalue weighted by atomic mass is 35.5. The van der Waals surface area contributed by atoms with Crippen molar-refractivity contribution in [2.75, 3.05) is 31.7 Å². The highest BCUT2D eigenvalue weighted by Gasteiger charge is 2.41. The largest absolute Gasteiger partial charge is 0.376 e. The molecular formula is C16H24ClN7O4S. The van der Waals surface area contributed by atoms with Crippen molar-refractivity contribution in [1.82, 2.24) is 23.8 Å². The first-order chi connectivity index (χ1) is 13.9. The number of nitrogens with one attached hydrogen (secondary N) is 1. The van der Waals surface area contributed by atoms with Gasteiger partial charge in [0.05, 0.1) is 32.3 Å². The van der Waals surface area contributed by atoms with E-state index in [1.54, 1.807) is 6.33 Å². The van der Waals surface area contributed by atoms with Gasteiger partial charge in [-0.3, -0.25) is 0 Å². The summed E-state index contributed by atoms with van der Waals surface area (Å²) in [4.78, 5) is 13.0. The van der Waals surface area contributed by atoms with Gasteiger partial charge in [0.15, 0.2) is 17.0 Å². The minimum Gasteiger partial charge on any atom is -0.376 e. The van der Waals surface area contributed by atoms with Crippen LogP contribution < -0.4 is 10.5 Å². The molecule has 4 heterocycles. The zero-order valence-corrected chi connectivity index (χ0v) is 17.6. The molecule has 3 atom stereocenters. The van der Waals surface area contributed by atoms with Crippen LogP contribution in [0.1, 0.15) is 19.8 Å². The van der Waals surface area contributed by atoms with Crippen molar-refractivity contribution in [2.45, 2.75) is 44.5 Å². The Morgan fingerprint density at radius 3 is 2.90 bits per heavy atom. The maximum absolute atomic E-state index is 12.1. The molecule has 2 unspecified atom stereocenters. The van der Waals surface area contributed by atoms with Crippen LogP contribution >= 0.6 is 11.6 Å². The van der Waals surface area contributed by atoms with Crippen LogP contribution in [0.25, 0.3) is 11.2 Å². The molecule has 0 saturated carbocycles. The Kier molecular flexibility index (Phi) is 5.91. The first-order valence-corrected chi connectivity index (χ1v) is 11.4. The average molecular weight is 446 g/mol. The lowest BCUT2D eigenvalue weighted by Crippen LogP contribution is -2.48. The normalized spacial score (nSPS) is 26.2. The number of nitrogens with zero attached hydrogens (tertiary/aromatic N) is 5. The fourth-order valence-corrected chi connectivity index (χ4v) is 5.09. The van der Waals surface area contributed by atoms with E-state index in [4.69, 9.17) is 26.2 Å². The zero-order chi connectivity index (χ0) is 20.6. The van der Waals surface area contributed by atoms with E-state index in [-0.39, 0.29) is 17.4 Å². The highest BCUT2D eigenvalue weighted by Crippen LogP contribution is 2.30. The Morgan fingerprint density at radius 1 is 1.38 bits per heavy atom. The summed E-state index contributed by atoms with van der Waals surface area (Å²) >= 11 is 6.12. The molecule has 2 aromatic rings. The minimum absolute atomic E-state index is 0.0945. The van der Waals surface area contributed by atoms with E-state index in [0.717, 1.165) is 0 Å². The molecule has 3 N–H and O–H groups in total. The van der Waals surface area contributed by atoms with E-state index in [2.05, 4.69) is 20.3 Å².